The molecular formula is C22H36N4O2. The van der Waals surface area contributed by atoms with Crippen molar-refractivity contribution in [3.63, 3.8) is 0 Å². The summed E-state index contributed by atoms with van der Waals surface area (Å²) < 4.78 is 11.3. The Bertz CT molecular complexity index is 567. The van der Waals surface area contributed by atoms with Crippen LogP contribution in [0.3, 0.4) is 0 Å². The molecule has 156 valence electrons. The van der Waals surface area contributed by atoms with Crippen LogP contribution in [0.5, 0.6) is 0 Å². The maximum Gasteiger partial charge on any atom is 0.191 e. The van der Waals surface area contributed by atoms with E-state index in [2.05, 4.69) is 50.9 Å². The van der Waals surface area contributed by atoms with E-state index in [1.54, 1.807) is 0 Å². The highest BCUT2D eigenvalue weighted by Crippen LogP contribution is 2.14. The number of guanidine groups is 1. The Kier molecular flexibility index (Phi) is 9.07. The van der Waals surface area contributed by atoms with Crippen LogP contribution in [0.15, 0.2) is 35.3 Å². The van der Waals surface area contributed by atoms with Gasteiger partial charge in [-0.1, -0.05) is 30.3 Å². The van der Waals surface area contributed by atoms with Gasteiger partial charge in [-0.2, -0.15) is 0 Å². The van der Waals surface area contributed by atoms with Crippen LogP contribution in [0, 0.1) is 0 Å². The van der Waals surface area contributed by atoms with Crippen molar-refractivity contribution in [2.24, 2.45) is 4.99 Å². The van der Waals surface area contributed by atoms with E-state index in [0.717, 1.165) is 84.1 Å². The molecule has 28 heavy (non-hydrogen) atoms. The summed E-state index contributed by atoms with van der Waals surface area (Å²) in [4.78, 5) is 6.92. The van der Waals surface area contributed by atoms with Gasteiger partial charge in [-0.05, 0) is 37.7 Å². The predicted molar refractivity (Wildman–Crippen MR) is 114 cm³/mol. The monoisotopic (exact) mass is 388 g/mol. The number of piperidine rings is 1. The Labute approximate surface area is 169 Å². The molecule has 0 aliphatic carbocycles. The number of nitrogens with one attached hydrogen (secondary N) is 2. The quantitative estimate of drug-likeness (QED) is 0.407. The topological polar surface area (TPSA) is 58.1 Å². The van der Waals surface area contributed by atoms with Crippen molar-refractivity contribution < 1.29 is 9.47 Å². The third kappa shape index (κ3) is 7.41. The predicted octanol–water partition coefficient (Wildman–Crippen LogP) is 2.40. The molecule has 0 unspecified atom stereocenters. The molecule has 0 saturated carbocycles. The van der Waals surface area contributed by atoms with E-state index in [1.165, 1.54) is 5.56 Å². The summed E-state index contributed by atoms with van der Waals surface area (Å²) in [5.74, 6) is 0.910. The highest BCUT2D eigenvalue weighted by Gasteiger charge is 2.20. The van der Waals surface area contributed by atoms with Crippen LogP contribution < -0.4 is 10.6 Å². The molecule has 0 aromatic heterocycles. The van der Waals surface area contributed by atoms with Crippen LogP contribution in [-0.2, 0) is 16.0 Å². The second kappa shape index (κ2) is 12.0. The lowest BCUT2D eigenvalue weighted by Gasteiger charge is -2.33. The summed E-state index contributed by atoms with van der Waals surface area (Å²) in [6.45, 7) is 6.66. The Balaban J connectivity index is 1.26. The van der Waals surface area contributed by atoms with Crippen molar-refractivity contribution in [1.29, 1.82) is 0 Å². The number of ether oxygens (including phenoxy) is 2. The second-order valence-corrected chi connectivity index (χ2v) is 7.72. The van der Waals surface area contributed by atoms with Crippen molar-refractivity contribution in [2.45, 2.75) is 50.8 Å². The van der Waals surface area contributed by atoms with E-state index in [9.17, 15) is 0 Å². The third-order valence-electron chi connectivity index (χ3n) is 5.54. The number of hydrogen-bond donors (Lipinski definition) is 2. The van der Waals surface area contributed by atoms with Crippen molar-refractivity contribution >= 4 is 5.96 Å². The van der Waals surface area contributed by atoms with Gasteiger partial charge in [-0.3, -0.25) is 9.89 Å². The lowest BCUT2D eigenvalue weighted by atomic mass is 10.0. The molecule has 1 aromatic carbocycles. The first-order valence-corrected chi connectivity index (χ1v) is 10.8. The zero-order chi connectivity index (χ0) is 19.4. The maximum atomic E-state index is 5.92. The minimum atomic E-state index is 0.382. The van der Waals surface area contributed by atoms with Crippen LogP contribution >= 0.6 is 0 Å². The van der Waals surface area contributed by atoms with E-state index in [0.29, 0.717) is 12.1 Å². The maximum absolute atomic E-state index is 5.92. The molecule has 1 aromatic rings. The van der Waals surface area contributed by atoms with Crippen LogP contribution in [0.25, 0.3) is 0 Å². The lowest BCUT2D eigenvalue weighted by molar-refractivity contribution is -0.0320. The first kappa shape index (κ1) is 21.1. The van der Waals surface area contributed by atoms with Gasteiger partial charge in [0.2, 0.25) is 0 Å². The van der Waals surface area contributed by atoms with Gasteiger partial charge in [0.15, 0.2) is 5.96 Å². The first-order chi connectivity index (χ1) is 13.8. The van der Waals surface area contributed by atoms with Crippen LogP contribution in [0.2, 0.25) is 0 Å². The van der Waals surface area contributed by atoms with E-state index in [-0.39, 0.29) is 0 Å². The van der Waals surface area contributed by atoms with Crippen molar-refractivity contribution in [1.82, 2.24) is 15.5 Å². The van der Waals surface area contributed by atoms with Crippen LogP contribution in [0.1, 0.15) is 37.7 Å². The first-order valence-electron chi connectivity index (χ1n) is 10.8. The fourth-order valence-electron chi connectivity index (χ4n) is 3.84. The van der Waals surface area contributed by atoms with Gasteiger partial charge in [0, 0.05) is 59.1 Å². The average Bonchev–Trinajstić information content (AvgIpc) is 2.75. The zero-order valence-electron chi connectivity index (χ0n) is 17.2. The Morgan fingerprint density at radius 2 is 1.89 bits per heavy atom. The minimum absolute atomic E-state index is 0.382. The molecule has 2 aliphatic heterocycles. The molecule has 6 nitrogen and oxygen atoms in total. The molecule has 2 aliphatic rings. The van der Waals surface area contributed by atoms with E-state index in [1.807, 2.05) is 7.05 Å². The highest BCUT2D eigenvalue weighted by atomic mass is 16.5. The number of likely N-dealkylation sites (tertiary alicyclic amines) is 1. The number of hydrogen-bond acceptors (Lipinski definition) is 4. The molecule has 0 radical (unpaired) electrons. The van der Waals surface area contributed by atoms with E-state index in [4.69, 9.17) is 9.47 Å². The van der Waals surface area contributed by atoms with Crippen molar-refractivity contribution in [2.75, 3.05) is 46.5 Å². The molecule has 3 rings (SSSR count). The molecule has 0 atom stereocenters. The van der Waals surface area contributed by atoms with Gasteiger partial charge in [0.05, 0.1) is 6.10 Å². The normalized spacial score (nSPS) is 20.2. The van der Waals surface area contributed by atoms with Crippen LogP contribution in [0.4, 0.5) is 0 Å². The van der Waals surface area contributed by atoms with Gasteiger partial charge in [-0.15, -0.1) is 0 Å². The molecule has 2 fully saturated rings. The Morgan fingerprint density at radius 1 is 1.14 bits per heavy atom. The van der Waals surface area contributed by atoms with E-state index >= 15 is 0 Å². The molecule has 0 amide bonds. The van der Waals surface area contributed by atoms with Crippen LogP contribution in [-0.4, -0.2) is 69.5 Å². The highest BCUT2D eigenvalue weighted by molar-refractivity contribution is 5.79. The number of benzene rings is 1. The molecular weight excluding hydrogens is 352 g/mol. The summed E-state index contributed by atoms with van der Waals surface area (Å²) in [6.07, 6.45) is 5.74. The fourth-order valence-corrected chi connectivity index (χ4v) is 3.84. The summed E-state index contributed by atoms with van der Waals surface area (Å²) in [6, 6.07) is 11.2. The number of rotatable bonds is 8. The minimum Gasteiger partial charge on any atom is -0.381 e. The lowest BCUT2D eigenvalue weighted by Crippen LogP contribution is -2.48. The van der Waals surface area contributed by atoms with Gasteiger partial charge < -0.3 is 20.1 Å². The second-order valence-electron chi connectivity index (χ2n) is 7.72. The van der Waals surface area contributed by atoms with Gasteiger partial charge in [0.1, 0.15) is 0 Å². The number of nitrogens with zero attached hydrogens (tertiary/aromatic N) is 2. The molecule has 0 bridgehead atoms. The van der Waals surface area contributed by atoms with Gasteiger partial charge in [-0.25, -0.2) is 0 Å². The fraction of sp³-hybridized carbons (Fsp3) is 0.682. The SMILES string of the molecule is CN=C(NCCCOC1CCOCC1)NC1CCN(Cc2ccccc2)CC1. The smallest absolute Gasteiger partial charge is 0.191 e. The average molecular weight is 389 g/mol. The molecule has 2 heterocycles. The standard InChI is InChI=1S/C22H36N4O2/c1-23-22(24-12-5-15-28-21-10-16-27-17-11-21)25-20-8-13-26(14-9-20)18-19-6-3-2-4-7-19/h2-4,6-7,20-21H,5,8-18H2,1H3,(H2,23,24,25). The molecule has 2 saturated heterocycles. The third-order valence-corrected chi connectivity index (χ3v) is 5.54. The van der Waals surface area contributed by atoms with E-state index < -0.39 is 0 Å². The summed E-state index contributed by atoms with van der Waals surface area (Å²) in [7, 11) is 1.85. The number of aliphatic imine (C=N–C) groups is 1. The summed E-state index contributed by atoms with van der Waals surface area (Å²) in [5, 5.41) is 7.01. The zero-order valence-corrected chi connectivity index (χ0v) is 17.2. The summed E-state index contributed by atoms with van der Waals surface area (Å²) >= 11 is 0. The molecule has 6 heteroatoms. The van der Waals surface area contributed by atoms with Gasteiger partial charge >= 0.3 is 0 Å². The Morgan fingerprint density at radius 3 is 2.61 bits per heavy atom. The van der Waals surface area contributed by atoms with Gasteiger partial charge in [0.25, 0.3) is 0 Å². The summed E-state index contributed by atoms with van der Waals surface area (Å²) in [5.41, 5.74) is 1.40. The molecule has 2 N–H and O–H groups in total. The van der Waals surface area contributed by atoms with Crippen molar-refractivity contribution in [3.05, 3.63) is 35.9 Å². The largest absolute Gasteiger partial charge is 0.381 e. The van der Waals surface area contributed by atoms with Crippen molar-refractivity contribution in [3.8, 4) is 0 Å². The molecule has 0 spiro atoms. The Hall–Kier alpha value is -1.63.